The van der Waals surface area contributed by atoms with E-state index in [9.17, 15) is 8.42 Å². The first-order valence-electron chi connectivity index (χ1n) is 17.9. The lowest BCUT2D eigenvalue weighted by Crippen LogP contribution is -2.36. The number of hydrogen-bond donors (Lipinski definition) is 4. The lowest BCUT2D eigenvalue weighted by molar-refractivity contribution is 0.389. The molecule has 0 saturated carbocycles. The van der Waals surface area contributed by atoms with E-state index in [2.05, 4.69) is 17.6 Å². The zero-order valence-corrected chi connectivity index (χ0v) is 28.3. The third kappa shape index (κ3) is 29.6. The molecule has 0 aliphatic carbocycles. The van der Waals surface area contributed by atoms with E-state index in [0.29, 0.717) is 25.4 Å². The van der Waals surface area contributed by atoms with Crippen LogP contribution in [0.3, 0.4) is 0 Å². The molecule has 0 saturated heterocycles. The standard InChI is InChI=1S/C33H73N5O2S/c1-2-3-4-5-6-7-8-9-10-11-12-13-14-15-16-23-33-41(39,40)38(31-22-18-26-35)32-24-30-37-29-21-20-28-36-27-19-17-25-34/h36-37H,2-35H2,1H3. The smallest absolute Gasteiger partial charge is 0.214 e. The van der Waals surface area contributed by atoms with Gasteiger partial charge in [0, 0.05) is 13.1 Å². The molecule has 8 heteroatoms. The predicted molar refractivity (Wildman–Crippen MR) is 181 cm³/mol. The van der Waals surface area contributed by atoms with Crippen LogP contribution < -0.4 is 22.1 Å². The molecule has 0 fully saturated rings. The van der Waals surface area contributed by atoms with Gasteiger partial charge in [-0.25, -0.2) is 12.7 Å². The molecule has 0 bridgehead atoms. The average molecular weight is 604 g/mol. The normalized spacial score (nSPS) is 12.1. The van der Waals surface area contributed by atoms with Crippen LogP contribution >= 0.6 is 0 Å². The van der Waals surface area contributed by atoms with Crippen LogP contribution in [0.4, 0.5) is 0 Å². The summed E-state index contributed by atoms with van der Waals surface area (Å²) < 4.78 is 27.9. The summed E-state index contributed by atoms with van der Waals surface area (Å²) in [6.45, 7) is 8.86. The highest BCUT2D eigenvalue weighted by Crippen LogP contribution is 2.15. The maximum absolute atomic E-state index is 13.1. The minimum absolute atomic E-state index is 0.291. The molecule has 0 aromatic heterocycles. The summed E-state index contributed by atoms with van der Waals surface area (Å²) >= 11 is 0. The molecular formula is C33H73N5O2S. The van der Waals surface area contributed by atoms with Gasteiger partial charge in [-0.05, 0) is 90.6 Å². The Morgan fingerprint density at radius 2 is 0.829 bits per heavy atom. The first-order valence-corrected chi connectivity index (χ1v) is 19.5. The summed E-state index contributed by atoms with van der Waals surface area (Å²) in [4.78, 5) is 0. The lowest BCUT2D eigenvalue weighted by atomic mass is 10.0. The van der Waals surface area contributed by atoms with Crippen LogP contribution in [0.2, 0.25) is 0 Å². The summed E-state index contributed by atoms with van der Waals surface area (Å²) in [6, 6.07) is 0. The van der Waals surface area contributed by atoms with E-state index in [1.807, 2.05) is 0 Å². The fraction of sp³-hybridized carbons (Fsp3) is 1.00. The molecule has 0 unspecified atom stereocenters. The van der Waals surface area contributed by atoms with Crippen molar-refractivity contribution in [1.29, 1.82) is 0 Å². The first kappa shape index (κ1) is 40.8. The summed E-state index contributed by atoms with van der Waals surface area (Å²) in [5.41, 5.74) is 11.2. The summed E-state index contributed by atoms with van der Waals surface area (Å²) in [5.74, 6) is 0.291. The average Bonchev–Trinajstić information content (AvgIpc) is 2.96. The van der Waals surface area contributed by atoms with Gasteiger partial charge in [0.2, 0.25) is 10.0 Å². The minimum Gasteiger partial charge on any atom is -0.330 e. The fourth-order valence-electron chi connectivity index (χ4n) is 5.31. The van der Waals surface area contributed by atoms with Crippen molar-refractivity contribution in [2.24, 2.45) is 11.5 Å². The second-order valence-corrected chi connectivity index (χ2v) is 14.2. The van der Waals surface area contributed by atoms with Crippen LogP contribution in [-0.2, 0) is 10.0 Å². The Balaban J connectivity index is 3.84. The summed E-state index contributed by atoms with van der Waals surface area (Å²) in [7, 11) is -3.19. The highest BCUT2D eigenvalue weighted by molar-refractivity contribution is 7.89. The van der Waals surface area contributed by atoms with Gasteiger partial charge in [-0.3, -0.25) is 0 Å². The van der Waals surface area contributed by atoms with Crippen LogP contribution in [0.15, 0.2) is 0 Å². The van der Waals surface area contributed by atoms with Gasteiger partial charge in [0.15, 0.2) is 0 Å². The van der Waals surface area contributed by atoms with Crippen LogP contribution in [-0.4, -0.2) is 70.8 Å². The number of nitrogens with one attached hydrogen (secondary N) is 2. The minimum atomic E-state index is -3.19. The molecule has 0 aromatic rings. The molecule has 0 spiro atoms. The molecule has 6 N–H and O–H groups in total. The largest absolute Gasteiger partial charge is 0.330 e. The van der Waals surface area contributed by atoms with Gasteiger partial charge in [-0.15, -0.1) is 0 Å². The van der Waals surface area contributed by atoms with Crippen molar-refractivity contribution >= 4 is 10.0 Å². The quantitative estimate of drug-likeness (QED) is 0.0599. The van der Waals surface area contributed by atoms with Gasteiger partial charge < -0.3 is 22.1 Å². The number of hydrogen-bond acceptors (Lipinski definition) is 6. The second-order valence-electron chi connectivity index (χ2n) is 12.1. The van der Waals surface area contributed by atoms with E-state index in [1.165, 1.54) is 83.5 Å². The SMILES string of the molecule is CCCCCCCCCCCCCCCCCCS(=O)(=O)N(CCCCN)CCCNCCCCNCCCCN. The zero-order valence-electron chi connectivity index (χ0n) is 27.5. The molecular weight excluding hydrogens is 530 g/mol. The number of sulfonamides is 1. The van der Waals surface area contributed by atoms with E-state index < -0.39 is 10.0 Å². The molecule has 0 radical (unpaired) electrons. The van der Waals surface area contributed by atoms with Gasteiger partial charge >= 0.3 is 0 Å². The molecule has 0 amide bonds. The Hall–Kier alpha value is -0.250. The van der Waals surface area contributed by atoms with E-state index >= 15 is 0 Å². The van der Waals surface area contributed by atoms with Gasteiger partial charge in [0.1, 0.15) is 0 Å². The fourth-order valence-corrected chi connectivity index (χ4v) is 6.95. The van der Waals surface area contributed by atoms with E-state index in [0.717, 1.165) is 96.9 Å². The second kappa shape index (κ2) is 32.7. The molecule has 41 heavy (non-hydrogen) atoms. The topological polar surface area (TPSA) is 113 Å². The number of nitrogens with zero attached hydrogens (tertiary/aromatic N) is 1. The van der Waals surface area contributed by atoms with Gasteiger partial charge in [-0.1, -0.05) is 103 Å². The van der Waals surface area contributed by atoms with Crippen molar-refractivity contribution in [3.05, 3.63) is 0 Å². The van der Waals surface area contributed by atoms with Gasteiger partial charge in [0.05, 0.1) is 5.75 Å². The summed E-state index contributed by atoms with van der Waals surface area (Å²) in [5, 5.41) is 6.95. The maximum Gasteiger partial charge on any atom is 0.214 e. The monoisotopic (exact) mass is 604 g/mol. The number of rotatable bonds is 35. The molecule has 248 valence electrons. The summed E-state index contributed by atoms with van der Waals surface area (Å²) in [6.07, 6.45) is 28.0. The Bertz CT molecular complexity index is 606. The maximum atomic E-state index is 13.1. The van der Waals surface area contributed by atoms with Gasteiger partial charge in [-0.2, -0.15) is 0 Å². The molecule has 7 nitrogen and oxygen atoms in total. The molecule has 0 aliphatic rings. The van der Waals surface area contributed by atoms with Crippen molar-refractivity contribution < 1.29 is 8.42 Å². The molecule has 0 aromatic carbocycles. The first-order chi connectivity index (χ1) is 20.1. The molecule has 0 rings (SSSR count). The van der Waals surface area contributed by atoms with Crippen LogP contribution in [0.1, 0.15) is 155 Å². The number of nitrogens with two attached hydrogens (primary N) is 2. The van der Waals surface area contributed by atoms with Crippen molar-refractivity contribution in [2.45, 2.75) is 155 Å². The van der Waals surface area contributed by atoms with E-state index in [1.54, 1.807) is 4.31 Å². The Morgan fingerprint density at radius 3 is 1.29 bits per heavy atom. The zero-order chi connectivity index (χ0) is 30.1. The molecule has 0 aliphatic heterocycles. The van der Waals surface area contributed by atoms with Crippen molar-refractivity contribution in [1.82, 2.24) is 14.9 Å². The van der Waals surface area contributed by atoms with Crippen molar-refractivity contribution in [3.8, 4) is 0 Å². The number of unbranched alkanes of at least 4 members (excludes halogenated alkanes) is 18. The van der Waals surface area contributed by atoms with Crippen LogP contribution in [0, 0.1) is 0 Å². The Labute approximate surface area is 257 Å². The Morgan fingerprint density at radius 1 is 0.463 bits per heavy atom. The van der Waals surface area contributed by atoms with Crippen molar-refractivity contribution in [3.63, 3.8) is 0 Å². The molecule has 0 heterocycles. The molecule has 0 atom stereocenters. The highest BCUT2D eigenvalue weighted by Gasteiger charge is 2.20. The Kier molecular flexibility index (Phi) is 32.5. The van der Waals surface area contributed by atoms with Crippen LogP contribution in [0.5, 0.6) is 0 Å². The lowest BCUT2D eigenvalue weighted by Gasteiger charge is -2.22. The third-order valence-electron chi connectivity index (χ3n) is 8.04. The third-order valence-corrected chi connectivity index (χ3v) is 9.99. The predicted octanol–water partition coefficient (Wildman–Crippen LogP) is 6.71. The van der Waals surface area contributed by atoms with Crippen molar-refractivity contribution in [2.75, 3.05) is 58.1 Å². The highest BCUT2D eigenvalue weighted by atomic mass is 32.2. The van der Waals surface area contributed by atoms with E-state index in [-0.39, 0.29) is 0 Å². The van der Waals surface area contributed by atoms with E-state index in [4.69, 9.17) is 11.5 Å². The van der Waals surface area contributed by atoms with Crippen LogP contribution in [0.25, 0.3) is 0 Å². The van der Waals surface area contributed by atoms with Gasteiger partial charge in [0.25, 0.3) is 0 Å².